The molecule has 2 saturated heterocycles. The van der Waals surface area contributed by atoms with Crippen LogP contribution >= 0.6 is 11.8 Å². The second kappa shape index (κ2) is 11.1. The minimum atomic E-state index is -0.484. The number of rotatable bonds is 8. The van der Waals surface area contributed by atoms with Crippen LogP contribution in [0.2, 0.25) is 0 Å². The summed E-state index contributed by atoms with van der Waals surface area (Å²) in [7, 11) is 0. The van der Waals surface area contributed by atoms with Crippen LogP contribution < -0.4 is 0 Å². The van der Waals surface area contributed by atoms with Crippen molar-refractivity contribution in [2.24, 2.45) is 11.8 Å². The number of benzene rings is 2. The second-order valence-electron chi connectivity index (χ2n) is 11.3. The van der Waals surface area contributed by atoms with Gasteiger partial charge >= 0.3 is 0 Å². The molecule has 4 atom stereocenters. The lowest BCUT2D eigenvalue weighted by Crippen LogP contribution is -2.43. The Hall–Kier alpha value is -4.35. The van der Waals surface area contributed by atoms with Crippen LogP contribution in [0.3, 0.4) is 0 Å². The Kier molecular flexibility index (Phi) is 7.06. The van der Waals surface area contributed by atoms with Crippen molar-refractivity contribution in [1.29, 1.82) is 0 Å². The van der Waals surface area contributed by atoms with Crippen molar-refractivity contribution in [2.75, 3.05) is 6.54 Å². The zero-order valence-electron chi connectivity index (χ0n) is 23.6. The van der Waals surface area contributed by atoms with Gasteiger partial charge in [0.25, 0.3) is 17.1 Å². The van der Waals surface area contributed by atoms with Gasteiger partial charge in [0.05, 0.1) is 28.1 Å². The molecule has 3 amide bonds. The van der Waals surface area contributed by atoms with Gasteiger partial charge in [-0.3, -0.25) is 28.9 Å². The van der Waals surface area contributed by atoms with Crippen molar-refractivity contribution in [3.05, 3.63) is 102 Å². The van der Waals surface area contributed by atoms with Crippen LogP contribution in [0.1, 0.15) is 55.6 Å². The van der Waals surface area contributed by atoms with E-state index >= 15 is 0 Å². The zero-order valence-corrected chi connectivity index (χ0v) is 24.4. The molecule has 0 saturated carbocycles. The highest BCUT2D eigenvalue weighted by atomic mass is 32.2. The number of carbonyl (C=O) groups excluding carboxylic acids is 3. The Morgan fingerprint density at radius 3 is 2.67 bits per heavy atom. The lowest BCUT2D eigenvalue weighted by atomic mass is 9.79. The van der Waals surface area contributed by atoms with E-state index < -0.39 is 11.8 Å². The van der Waals surface area contributed by atoms with Crippen molar-refractivity contribution in [3.63, 3.8) is 0 Å². The van der Waals surface area contributed by atoms with Crippen LogP contribution in [-0.4, -0.2) is 59.6 Å². The molecule has 43 heavy (non-hydrogen) atoms. The highest BCUT2D eigenvalue weighted by molar-refractivity contribution is 8.14. The van der Waals surface area contributed by atoms with Crippen molar-refractivity contribution in [2.45, 2.75) is 44.2 Å². The fourth-order valence-electron chi connectivity index (χ4n) is 6.52. The van der Waals surface area contributed by atoms with Crippen molar-refractivity contribution in [1.82, 2.24) is 29.9 Å². The predicted octanol–water partition coefficient (Wildman–Crippen LogP) is 5.35. The predicted molar refractivity (Wildman–Crippen MR) is 161 cm³/mol. The molecule has 0 spiro atoms. The number of pyridine rings is 1. The molecule has 0 radical (unpaired) electrons. The third-order valence-electron chi connectivity index (χ3n) is 8.72. The molecule has 2 fully saturated rings. The maximum atomic E-state index is 13.1. The average molecular weight is 595 g/mol. The van der Waals surface area contributed by atoms with Crippen molar-refractivity contribution in [3.8, 4) is 0 Å². The summed E-state index contributed by atoms with van der Waals surface area (Å²) in [5.41, 5.74) is 4.43. The van der Waals surface area contributed by atoms with Gasteiger partial charge in [-0.25, -0.2) is 0 Å². The van der Waals surface area contributed by atoms with Crippen LogP contribution in [-0.2, 0) is 18.0 Å². The Balaban J connectivity index is 1.03. The first-order valence-corrected chi connectivity index (χ1v) is 15.2. The normalized spacial score (nSPS) is 22.3. The molecule has 3 aliphatic heterocycles. The highest BCUT2D eigenvalue weighted by Crippen LogP contribution is 2.50. The number of piperidine rings is 1. The zero-order chi connectivity index (χ0) is 29.7. The van der Waals surface area contributed by atoms with Crippen LogP contribution in [0.5, 0.6) is 0 Å². The highest BCUT2D eigenvalue weighted by Gasteiger charge is 2.46. The summed E-state index contributed by atoms with van der Waals surface area (Å²) in [6, 6.07) is 15.1. The summed E-state index contributed by atoms with van der Waals surface area (Å²) in [5.74, 6) is -0.540. The van der Waals surface area contributed by atoms with Gasteiger partial charge in [0.1, 0.15) is 12.3 Å². The van der Waals surface area contributed by atoms with Gasteiger partial charge in [-0.15, -0.1) is 16.7 Å². The van der Waals surface area contributed by atoms with Gasteiger partial charge in [-0.2, -0.15) is 0 Å². The quantitative estimate of drug-likeness (QED) is 0.198. The summed E-state index contributed by atoms with van der Waals surface area (Å²) < 4.78 is 1.75. The first kappa shape index (κ1) is 27.5. The maximum Gasteiger partial charge on any atom is 0.285 e. The third kappa shape index (κ3) is 4.92. The van der Waals surface area contributed by atoms with Gasteiger partial charge < -0.3 is 4.90 Å². The number of imide groups is 1. The topological polar surface area (TPSA) is 111 Å². The number of hydrogen-bond donors (Lipinski definition) is 0. The van der Waals surface area contributed by atoms with Crippen molar-refractivity contribution >= 4 is 39.7 Å². The average Bonchev–Trinajstić information content (AvgIpc) is 3.68. The summed E-state index contributed by atoms with van der Waals surface area (Å²) >= 11 is 1.43. The van der Waals surface area contributed by atoms with E-state index in [0.717, 1.165) is 34.4 Å². The maximum absolute atomic E-state index is 13.1. The molecule has 0 unspecified atom stereocenters. The number of fused-ring (bicyclic) bond motifs is 3. The Morgan fingerprint density at radius 1 is 1.12 bits per heavy atom. The molecule has 218 valence electrons. The van der Waals surface area contributed by atoms with E-state index in [0.29, 0.717) is 35.8 Å². The van der Waals surface area contributed by atoms with Gasteiger partial charge in [-0.1, -0.05) is 46.8 Å². The fourth-order valence-corrected chi connectivity index (χ4v) is 7.85. The summed E-state index contributed by atoms with van der Waals surface area (Å²) in [5, 5.41) is 10.5. The molecule has 0 bridgehead atoms. The summed E-state index contributed by atoms with van der Waals surface area (Å²) in [6.45, 7) is 7.43. The number of aromatic nitrogens is 4. The number of allylic oxidation sites excluding steroid dienone is 1. The number of nitrogens with zero attached hydrogens (tertiary/aromatic N) is 6. The standard InChI is InChI=1S/C32H30N6O4S/c1-3-20(16-36-17-22(34-35-36)18-42-38-30(39)24-6-4-5-7-25(24)31(38)40)21-11-13-37-28(15-21)29(43-32(37)41)23-10-12-33-27-9-8-19(2)14-26(23)27/h3-10,12,14,17,20-21,28-29H,1,11,13,15-16,18H2,2H3/t20-,21-,28-,29-/m0/s1. The van der Waals surface area contributed by atoms with Gasteiger partial charge in [0.15, 0.2) is 0 Å². The molecular weight excluding hydrogens is 564 g/mol. The SMILES string of the molecule is C=C[C@@H](Cn1cc(CON2C(=O)c3ccccc3C2=O)nn1)[C@H]1CCN2C(=O)S[C@@H](c3ccnc4ccc(C)cc34)[C@@H]2C1. The van der Waals surface area contributed by atoms with E-state index in [2.05, 4.69) is 47.0 Å². The number of carbonyl (C=O) groups is 3. The summed E-state index contributed by atoms with van der Waals surface area (Å²) in [6.07, 6.45) is 7.33. The Morgan fingerprint density at radius 2 is 1.91 bits per heavy atom. The van der Waals surface area contributed by atoms with Gasteiger partial charge in [-0.05, 0) is 67.5 Å². The minimum Gasteiger partial charge on any atom is -0.329 e. The lowest BCUT2D eigenvalue weighted by Gasteiger charge is -2.39. The number of hydroxylamine groups is 2. The smallest absolute Gasteiger partial charge is 0.285 e. The Bertz CT molecular complexity index is 1740. The van der Waals surface area contributed by atoms with Crippen LogP contribution in [0.25, 0.3) is 10.9 Å². The van der Waals surface area contributed by atoms with E-state index in [4.69, 9.17) is 4.84 Å². The molecule has 3 aliphatic rings. The fraction of sp³-hybridized carbons (Fsp3) is 0.312. The first-order valence-electron chi connectivity index (χ1n) is 14.4. The summed E-state index contributed by atoms with van der Waals surface area (Å²) in [4.78, 5) is 50.4. The lowest BCUT2D eigenvalue weighted by molar-refractivity contribution is -0.102. The number of aryl methyl sites for hydroxylation is 1. The van der Waals surface area contributed by atoms with Crippen molar-refractivity contribution < 1.29 is 19.2 Å². The molecule has 10 nitrogen and oxygen atoms in total. The first-order chi connectivity index (χ1) is 20.9. The number of thioether (sulfide) groups is 1. The molecule has 0 aliphatic carbocycles. The molecule has 4 aromatic rings. The van der Waals surface area contributed by atoms with Crippen LogP contribution in [0, 0.1) is 18.8 Å². The van der Waals surface area contributed by atoms with Crippen LogP contribution in [0.15, 0.2) is 73.6 Å². The van der Waals surface area contributed by atoms with E-state index in [1.807, 2.05) is 23.2 Å². The van der Waals surface area contributed by atoms with Gasteiger partial charge in [0, 0.05) is 30.7 Å². The number of hydrogen-bond acceptors (Lipinski definition) is 8. The molecule has 11 heteroatoms. The third-order valence-corrected chi connectivity index (χ3v) is 9.98. The second-order valence-corrected chi connectivity index (χ2v) is 12.4. The van der Waals surface area contributed by atoms with E-state index in [9.17, 15) is 14.4 Å². The Labute approximate surface area is 252 Å². The number of amides is 3. The molecular formula is C32H30N6O4S. The minimum absolute atomic E-state index is 0.0327. The monoisotopic (exact) mass is 594 g/mol. The van der Waals surface area contributed by atoms with E-state index in [-0.39, 0.29) is 29.1 Å². The van der Waals surface area contributed by atoms with E-state index in [1.54, 1.807) is 35.1 Å². The van der Waals surface area contributed by atoms with Gasteiger partial charge in [0.2, 0.25) is 0 Å². The molecule has 2 aromatic heterocycles. The molecule has 7 rings (SSSR count). The largest absolute Gasteiger partial charge is 0.329 e. The molecule has 5 heterocycles. The van der Waals surface area contributed by atoms with E-state index in [1.165, 1.54) is 17.3 Å². The molecule has 0 N–H and O–H groups in total. The van der Waals surface area contributed by atoms with Crippen LogP contribution in [0.4, 0.5) is 4.79 Å². The molecule has 2 aromatic carbocycles.